The second kappa shape index (κ2) is 19.5. The number of amides is 8. The molecule has 15 heteroatoms. The largest absolute Gasteiger partial charge is 0.351 e. The van der Waals surface area contributed by atoms with Gasteiger partial charge in [-0.3, -0.25) is 10.6 Å². The van der Waals surface area contributed by atoms with Gasteiger partial charge in [0, 0.05) is 42.0 Å². The van der Waals surface area contributed by atoms with Crippen LogP contribution >= 0.6 is 34.4 Å². The topological polar surface area (TPSA) is 194 Å². The summed E-state index contributed by atoms with van der Waals surface area (Å²) in [6, 6.07) is 20.8. The molecule has 0 radical (unpaired) electrons. The van der Waals surface area contributed by atoms with E-state index in [9.17, 15) is 19.2 Å². The Morgan fingerprint density at radius 3 is 1.33 bits per heavy atom. The zero-order valence-corrected chi connectivity index (χ0v) is 34.4. The quantitative estimate of drug-likeness (QED) is 0.0526. The SMILES string of the molecule is CCCCCCc1cc(-c2ccc(NC(=O)NC(N)=O)cc2)sc1-c1ccc(-c2sc(-c3ccc(NC(=O)NC(N)=O)cc3)cc2CCCCCC)c2nsnc12. The molecule has 0 bridgehead atoms. The number of hydrogen-bond donors (Lipinski definition) is 6. The monoisotopic (exact) mass is 822 g/mol. The van der Waals surface area contributed by atoms with Gasteiger partial charge in [-0.1, -0.05) is 88.8 Å². The maximum Gasteiger partial charge on any atom is 0.327 e. The highest BCUT2D eigenvalue weighted by atomic mass is 32.1. The van der Waals surface area contributed by atoms with Gasteiger partial charge in [-0.25, -0.2) is 19.2 Å². The summed E-state index contributed by atoms with van der Waals surface area (Å²) in [6.07, 6.45) is 11.1. The van der Waals surface area contributed by atoms with Crippen molar-refractivity contribution in [3.05, 3.63) is 83.9 Å². The summed E-state index contributed by atoms with van der Waals surface area (Å²) in [5, 5.41) is 9.28. The van der Waals surface area contributed by atoms with Crippen molar-refractivity contribution >= 4 is 80.9 Å². The van der Waals surface area contributed by atoms with Crippen LogP contribution in [0.3, 0.4) is 0 Å². The lowest BCUT2D eigenvalue weighted by atomic mass is 9.98. The molecule has 8 N–H and O–H groups in total. The van der Waals surface area contributed by atoms with Crippen LogP contribution in [0.5, 0.6) is 0 Å². The smallest absolute Gasteiger partial charge is 0.327 e. The van der Waals surface area contributed by atoms with Crippen LogP contribution in [0.1, 0.15) is 76.3 Å². The number of nitrogens with two attached hydrogens (primary N) is 2. The highest BCUT2D eigenvalue weighted by Crippen LogP contribution is 2.46. The molecule has 0 unspecified atom stereocenters. The first kappa shape index (κ1) is 41.0. The molecule has 0 aliphatic carbocycles. The summed E-state index contributed by atoms with van der Waals surface area (Å²) in [5.74, 6) is 0. The highest BCUT2D eigenvalue weighted by Gasteiger charge is 2.22. The minimum Gasteiger partial charge on any atom is -0.351 e. The van der Waals surface area contributed by atoms with Crippen LogP contribution in [0.2, 0.25) is 0 Å². The van der Waals surface area contributed by atoms with Gasteiger partial charge in [-0.05, 0) is 84.3 Å². The first-order valence-electron chi connectivity index (χ1n) is 19.1. The number of carbonyl (C=O) groups is 4. The molecular weight excluding hydrogens is 777 g/mol. The molecule has 0 spiro atoms. The Labute approximate surface area is 343 Å². The van der Waals surface area contributed by atoms with E-state index < -0.39 is 24.1 Å². The van der Waals surface area contributed by atoms with Gasteiger partial charge in [0.1, 0.15) is 11.0 Å². The number of benzene rings is 3. The number of imide groups is 2. The molecule has 0 aliphatic heterocycles. The number of anilines is 2. The average molecular weight is 823 g/mol. The minimum atomic E-state index is -0.920. The van der Waals surface area contributed by atoms with Crippen LogP contribution in [0.25, 0.3) is 52.8 Å². The van der Waals surface area contributed by atoms with E-state index in [1.54, 1.807) is 46.9 Å². The number of hydrogen-bond acceptors (Lipinski definition) is 9. The Bertz CT molecular complexity index is 2190. The van der Waals surface area contributed by atoms with Crippen molar-refractivity contribution in [3.63, 3.8) is 0 Å². The van der Waals surface area contributed by atoms with Gasteiger partial charge in [0.2, 0.25) is 0 Å². The van der Waals surface area contributed by atoms with Crippen molar-refractivity contribution in [3.8, 4) is 41.8 Å². The summed E-state index contributed by atoms with van der Waals surface area (Å²) in [4.78, 5) is 50.7. The van der Waals surface area contributed by atoms with Gasteiger partial charge in [-0.15, -0.1) is 22.7 Å². The maximum atomic E-state index is 12.0. The zero-order valence-electron chi connectivity index (χ0n) is 31.9. The number of aromatic nitrogens is 2. The molecule has 3 aromatic carbocycles. The van der Waals surface area contributed by atoms with Gasteiger partial charge in [0.25, 0.3) is 0 Å². The first-order valence-corrected chi connectivity index (χ1v) is 21.5. The molecule has 0 saturated carbocycles. The molecule has 8 amide bonds. The van der Waals surface area contributed by atoms with E-state index in [4.69, 9.17) is 20.2 Å². The van der Waals surface area contributed by atoms with E-state index in [0.717, 1.165) is 94.4 Å². The number of aryl methyl sites for hydroxylation is 2. The molecule has 0 atom stereocenters. The van der Waals surface area contributed by atoms with Gasteiger partial charge in [0.05, 0.1) is 11.7 Å². The number of unbranched alkanes of at least 4 members (excludes halogenated alkanes) is 6. The summed E-state index contributed by atoms with van der Waals surface area (Å²) >= 11 is 4.69. The van der Waals surface area contributed by atoms with Crippen LogP contribution in [0.15, 0.2) is 72.8 Å². The third-order valence-corrected chi connectivity index (χ3v) is 12.5. The Kier molecular flexibility index (Phi) is 14.0. The molecule has 0 saturated heterocycles. The predicted octanol–water partition coefficient (Wildman–Crippen LogP) is 11.1. The fourth-order valence-electron chi connectivity index (χ4n) is 6.67. The Morgan fingerprint density at radius 2 is 0.965 bits per heavy atom. The average Bonchev–Trinajstić information content (AvgIpc) is 3.94. The number of carbonyl (C=O) groups excluding carboxylic acids is 4. The number of nitrogens with zero attached hydrogens (tertiary/aromatic N) is 2. The third-order valence-electron chi connectivity index (χ3n) is 9.45. The Balaban J connectivity index is 1.34. The van der Waals surface area contributed by atoms with Crippen molar-refractivity contribution in [2.45, 2.75) is 78.1 Å². The van der Waals surface area contributed by atoms with Crippen molar-refractivity contribution in [1.29, 1.82) is 0 Å². The van der Waals surface area contributed by atoms with Crippen molar-refractivity contribution < 1.29 is 19.2 Å². The van der Waals surface area contributed by atoms with E-state index in [-0.39, 0.29) is 0 Å². The van der Waals surface area contributed by atoms with Crippen molar-refractivity contribution in [1.82, 2.24) is 19.4 Å². The first-order chi connectivity index (χ1) is 27.6. The van der Waals surface area contributed by atoms with Gasteiger partial charge < -0.3 is 22.1 Å². The minimum absolute atomic E-state index is 0.543. The predicted molar refractivity (Wildman–Crippen MR) is 234 cm³/mol. The summed E-state index contributed by atoms with van der Waals surface area (Å²) < 4.78 is 9.80. The second-order valence-corrected chi connectivity index (χ2v) is 16.3. The molecule has 3 aromatic heterocycles. The molecular formula is C42H46N8O4S3. The Hall–Kier alpha value is -5.64. The van der Waals surface area contributed by atoms with E-state index in [1.165, 1.54) is 45.5 Å². The molecule has 57 heavy (non-hydrogen) atoms. The van der Waals surface area contributed by atoms with Gasteiger partial charge >= 0.3 is 24.1 Å². The van der Waals surface area contributed by atoms with Crippen molar-refractivity contribution in [2.75, 3.05) is 10.6 Å². The van der Waals surface area contributed by atoms with E-state index in [2.05, 4.69) is 48.7 Å². The number of primary amides is 2. The van der Waals surface area contributed by atoms with Crippen LogP contribution in [0, 0.1) is 0 Å². The lowest BCUT2D eigenvalue weighted by Gasteiger charge is -2.09. The van der Waals surface area contributed by atoms with Crippen LogP contribution in [-0.4, -0.2) is 32.9 Å². The summed E-state index contributed by atoms with van der Waals surface area (Å²) in [6.45, 7) is 4.44. The van der Waals surface area contributed by atoms with Crippen molar-refractivity contribution in [2.24, 2.45) is 11.5 Å². The number of urea groups is 4. The molecule has 3 heterocycles. The number of fused-ring (bicyclic) bond motifs is 1. The summed E-state index contributed by atoms with van der Waals surface area (Å²) in [7, 11) is 0. The van der Waals surface area contributed by atoms with E-state index in [0.29, 0.717) is 11.4 Å². The molecule has 12 nitrogen and oxygen atoms in total. The lowest BCUT2D eigenvalue weighted by molar-refractivity contribution is 0.236. The van der Waals surface area contributed by atoms with Crippen LogP contribution < -0.4 is 32.7 Å². The molecule has 0 aliphatic rings. The standard InChI is InChI=1S/C42H46N8O4S3/c1-3-5-7-9-11-27-23-33(25-13-17-29(18-14-25)45-41(53)47-39(43)51)55-37(27)31-21-22-32(36-35(31)49-57-50-36)38-28(12-10-8-6-4-2)24-34(56-38)26-15-19-30(20-16-26)46-42(54)48-40(44)52/h13-24H,3-12H2,1-2H3,(H4,43,45,47,51,53)(H4,44,46,48,52,54). The number of rotatable bonds is 16. The number of nitrogens with one attached hydrogen (secondary N) is 4. The maximum absolute atomic E-state index is 12.0. The summed E-state index contributed by atoms with van der Waals surface area (Å²) in [5.41, 5.74) is 19.7. The Morgan fingerprint density at radius 1 is 0.561 bits per heavy atom. The molecule has 0 fully saturated rings. The third kappa shape index (κ3) is 10.6. The zero-order chi connectivity index (χ0) is 40.3. The number of thiophene rings is 2. The fourth-order valence-corrected chi connectivity index (χ4v) is 9.73. The van der Waals surface area contributed by atoms with Gasteiger partial charge in [0.15, 0.2) is 0 Å². The van der Waals surface area contributed by atoms with E-state index >= 15 is 0 Å². The molecule has 296 valence electrons. The molecule has 6 aromatic rings. The second-order valence-electron chi connectivity index (χ2n) is 13.7. The fraction of sp³-hybridized carbons (Fsp3) is 0.286. The lowest BCUT2D eigenvalue weighted by Crippen LogP contribution is -2.38. The molecule has 6 rings (SSSR count). The highest BCUT2D eigenvalue weighted by molar-refractivity contribution is 7.19. The van der Waals surface area contributed by atoms with Crippen LogP contribution in [-0.2, 0) is 12.8 Å². The van der Waals surface area contributed by atoms with E-state index in [1.807, 2.05) is 34.9 Å². The normalized spacial score (nSPS) is 11.1. The van der Waals surface area contributed by atoms with Crippen LogP contribution in [0.4, 0.5) is 30.6 Å². The van der Waals surface area contributed by atoms with Gasteiger partial charge in [-0.2, -0.15) is 8.75 Å².